The number of para-hydroxylation sites is 2. The zero-order chi connectivity index (χ0) is 24.6. The van der Waals surface area contributed by atoms with E-state index in [4.69, 9.17) is 0 Å². The highest BCUT2D eigenvalue weighted by atomic mass is 27.2. The summed E-state index contributed by atoms with van der Waals surface area (Å²) in [5.74, 6) is 4.34. The Balaban J connectivity index is 2.30. The molecule has 0 aliphatic carbocycles. The predicted octanol–water partition coefficient (Wildman–Crippen LogP) is 9.04. The van der Waals surface area contributed by atoms with Crippen molar-refractivity contribution in [3.8, 4) is 0 Å². The van der Waals surface area contributed by atoms with Gasteiger partial charge in [-0.3, -0.25) is 0 Å². The number of anilines is 2. The van der Waals surface area contributed by atoms with Crippen LogP contribution in [0.2, 0.25) is 5.79 Å². The average molecular weight is 459 g/mol. The highest BCUT2D eigenvalue weighted by Crippen LogP contribution is 2.44. The molecule has 0 saturated heterocycles. The first-order valence-electron chi connectivity index (χ1n) is 12.7. The summed E-state index contributed by atoms with van der Waals surface area (Å²) in [4.78, 5) is 0. The highest BCUT2D eigenvalue weighted by Gasteiger charge is 2.40. The molecule has 176 valence electrons. The highest BCUT2D eigenvalue weighted by molar-refractivity contribution is 6.68. The first kappa shape index (κ1) is 25.7. The molecule has 0 saturated carbocycles. The summed E-state index contributed by atoms with van der Waals surface area (Å²) in [7, 11) is 0. The lowest BCUT2D eigenvalue weighted by Gasteiger charge is -2.46. The minimum atomic E-state index is -1.67. The fraction of sp³-hybridized carbons (Fsp3) is 0.467. The van der Waals surface area contributed by atoms with Gasteiger partial charge in [-0.15, -0.1) is 0 Å². The Labute approximate surface area is 207 Å². The van der Waals surface area contributed by atoms with Crippen LogP contribution in [-0.2, 0) is 0 Å². The minimum absolute atomic E-state index is 0.460. The monoisotopic (exact) mass is 458 g/mol. The maximum Gasteiger partial charge on any atom is 0.579 e. The molecule has 0 unspecified atom stereocenters. The van der Waals surface area contributed by atoms with Crippen molar-refractivity contribution in [1.82, 2.24) is 0 Å². The lowest BCUT2D eigenvalue weighted by Crippen LogP contribution is -2.53. The molecule has 2 aromatic rings. The number of nitrogens with zero attached hydrogens (tertiary/aromatic N) is 2. The molecule has 0 fully saturated rings. The summed E-state index contributed by atoms with van der Waals surface area (Å²) in [6.45, 7) is 25.4. The van der Waals surface area contributed by atoms with Crippen molar-refractivity contribution < 1.29 is 0 Å². The van der Waals surface area contributed by atoms with E-state index in [1.54, 1.807) is 0 Å². The van der Waals surface area contributed by atoms with Crippen molar-refractivity contribution in [1.29, 1.82) is 0 Å². The second kappa shape index (κ2) is 10.1. The normalized spacial score (nSPS) is 14.9. The fourth-order valence-corrected chi connectivity index (χ4v) is 8.10. The molecule has 1 aliphatic rings. The zero-order valence-electron chi connectivity index (χ0n) is 22.5. The van der Waals surface area contributed by atoms with Crippen LogP contribution >= 0.6 is 0 Å². The second-order valence-electron chi connectivity index (χ2n) is 10.8. The van der Waals surface area contributed by atoms with Crippen LogP contribution in [0, 0.1) is 0 Å². The molecular weight excluding hydrogens is 415 g/mol. The van der Waals surface area contributed by atoms with E-state index in [0.29, 0.717) is 23.7 Å². The molecule has 2 aromatic carbocycles. The zero-order valence-corrected chi connectivity index (χ0v) is 23.7. The van der Waals surface area contributed by atoms with Gasteiger partial charge in [0.05, 0.1) is 0 Å². The molecule has 3 rings (SSSR count). The number of hydrogen-bond donors (Lipinski definition) is 0. The summed E-state index contributed by atoms with van der Waals surface area (Å²) < 4.78 is 5.32. The number of allylic oxidation sites excluding steroid dienone is 2. The topological polar surface area (TPSA) is 6.48 Å². The van der Waals surface area contributed by atoms with Gasteiger partial charge in [-0.05, 0) is 64.6 Å². The van der Waals surface area contributed by atoms with E-state index in [1.165, 1.54) is 39.3 Å². The van der Waals surface area contributed by atoms with Crippen molar-refractivity contribution in [2.45, 2.75) is 91.8 Å². The van der Waals surface area contributed by atoms with Crippen LogP contribution in [0.15, 0.2) is 60.4 Å². The van der Waals surface area contributed by atoms with Crippen LogP contribution in [0.5, 0.6) is 0 Å². The van der Waals surface area contributed by atoms with Gasteiger partial charge in [0.2, 0.25) is 0 Å². The van der Waals surface area contributed by atoms with E-state index in [2.05, 4.69) is 125 Å². The Kier molecular flexibility index (Phi) is 7.88. The van der Waals surface area contributed by atoms with E-state index < -0.39 is 14.6 Å². The van der Waals surface area contributed by atoms with Crippen LogP contribution < -0.4 is 7.77 Å². The third-order valence-electron chi connectivity index (χ3n) is 6.98. The third kappa shape index (κ3) is 4.82. The van der Waals surface area contributed by atoms with Crippen molar-refractivity contribution in [3.05, 3.63) is 82.7 Å². The number of rotatable bonds is 6. The molecule has 0 bridgehead atoms. The van der Waals surface area contributed by atoms with Crippen LogP contribution in [-0.4, -0.2) is 14.6 Å². The molecule has 0 spiro atoms. The lowest BCUT2D eigenvalue weighted by atomic mass is 9.92. The first-order chi connectivity index (χ1) is 15.5. The molecule has 0 N–H and O–H groups in total. The molecule has 0 radical (unpaired) electrons. The van der Waals surface area contributed by atoms with Crippen molar-refractivity contribution in [2.24, 2.45) is 0 Å². The van der Waals surface area contributed by atoms with Crippen molar-refractivity contribution >= 4 is 26.0 Å². The molecule has 2 nitrogen and oxygen atoms in total. The first-order valence-corrected chi connectivity index (χ1v) is 14.9. The summed E-state index contributed by atoms with van der Waals surface area (Å²) in [6, 6.07) is 13.8. The molecule has 0 aromatic heterocycles. The number of benzene rings is 2. The Morgan fingerprint density at radius 3 is 1.30 bits per heavy atom. The summed E-state index contributed by atoms with van der Waals surface area (Å²) >= 11 is -1.67. The smallest absolute Gasteiger partial charge is 0.419 e. The van der Waals surface area contributed by atoms with Crippen molar-refractivity contribution in [3.63, 3.8) is 0 Å². The third-order valence-corrected chi connectivity index (χ3v) is 9.73. The van der Waals surface area contributed by atoms with Crippen LogP contribution in [0.4, 0.5) is 11.4 Å². The van der Waals surface area contributed by atoms with Crippen molar-refractivity contribution in [2.75, 3.05) is 7.77 Å². The van der Waals surface area contributed by atoms with E-state index in [-0.39, 0.29) is 0 Å². The van der Waals surface area contributed by atoms with Crippen LogP contribution in [0.1, 0.15) is 108 Å². The lowest BCUT2D eigenvalue weighted by molar-refractivity contribution is 0.823. The quantitative estimate of drug-likeness (QED) is 0.398. The molecular formula is C30H43AlN2. The molecule has 1 aliphatic heterocycles. The average Bonchev–Trinajstić information content (AvgIpc) is 2.72. The number of hydrogen-bond acceptors (Lipinski definition) is 2. The summed E-state index contributed by atoms with van der Waals surface area (Å²) in [5.41, 5.74) is 11.0. The van der Waals surface area contributed by atoms with E-state index in [9.17, 15) is 0 Å². The van der Waals surface area contributed by atoms with Crippen LogP contribution in [0.25, 0.3) is 0 Å². The van der Waals surface area contributed by atoms with Gasteiger partial charge in [0, 0.05) is 17.1 Å². The van der Waals surface area contributed by atoms with Gasteiger partial charge in [-0.1, -0.05) is 104 Å². The van der Waals surface area contributed by atoms with Gasteiger partial charge in [0.1, 0.15) is 0 Å². The fourth-order valence-electron chi connectivity index (χ4n) is 5.30. The van der Waals surface area contributed by atoms with E-state index in [1.807, 2.05) is 0 Å². The van der Waals surface area contributed by atoms with Gasteiger partial charge in [0.25, 0.3) is 0 Å². The largest absolute Gasteiger partial charge is 0.579 e. The Hall–Kier alpha value is -1.95. The second-order valence-corrected chi connectivity index (χ2v) is 13.1. The molecule has 0 amide bonds. The van der Waals surface area contributed by atoms with Gasteiger partial charge in [-0.2, -0.15) is 0 Å². The minimum Gasteiger partial charge on any atom is -0.419 e. The summed E-state index contributed by atoms with van der Waals surface area (Å²) in [5, 5.41) is 0. The molecule has 33 heavy (non-hydrogen) atoms. The Bertz CT molecular complexity index is 993. The van der Waals surface area contributed by atoms with E-state index in [0.717, 1.165) is 5.70 Å². The standard InChI is InChI=1S/C29H40N2.CH3.Al/c1-18(2)24-13-11-14-25(19(3)4)28(24)30-22(9)17-23(10)31-29-26(20(5)6)15-12-16-27(29)21(7)8;;/h11-21H,9H2,1-8,10H3;1H3;/q-2;;+2. The molecule has 0 atom stereocenters. The van der Waals surface area contributed by atoms with E-state index >= 15 is 0 Å². The van der Waals surface area contributed by atoms with Gasteiger partial charge in [0.15, 0.2) is 0 Å². The predicted molar refractivity (Wildman–Crippen MR) is 149 cm³/mol. The summed E-state index contributed by atoms with van der Waals surface area (Å²) in [6.07, 6.45) is 2.30. The molecule has 3 heteroatoms. The van der Waals surface area contributed by atoms with Gasteiger partial charge >= 0.3 is 14.6 Å². The SMILES string of the molecule is C=C1C=C(C)[N](c2c(C(C)C)cccc2C(C)C)[Al]([CH3])[N]1c1c(C(C)C)cccc1C(C)C. The molecule has 1 heterocycles. The van der Waals surface area contributed by atoms with Gasteiger partial charge < -0.3 is 7.77 Å². The maximum absolute atomic E-state index is 4.57. The van der Waals surface area contributed by atoms with Gasteiger partial charge in [-0.25, -0.2) is 0 Å². The Morgan fingerprint density at radius 1 is 0.636 bits per heavy atom. The Morgan fingerprint density at radius 2 is 0.970 bits per heavy atom. The maximum atomic E-state index is 4.57. The van der Waals surface area contributed by atoms with Crippen LogP contribution in [0.3, 0.4) is 0 Å².